The predicted octanol–water partition coefficient (Wildman–Crippen LogP) is 8.48. The molecule has 6 aromatic rings. The fourth-order valence-electron chi connectivity index (χ4n) is 19.5. The molecule has 0 unspecified atom stereocenters. The first kappa shape index (κ1) is 91.3. The van der Waals surface area contributed by atoms with Gasteiger partial charge in [0.05, 0.1) is 40.7 Å². The number of halogens is 2. The largest absolute Gasteiger partial charge is 0.508 e. The van der Waals surface area contributed by atoms with Crippen molar-refractivity contribution < 1.29 is 118 Å². The van der Waals surface area contributed by atoms with Gasteiger partial charge in [0.25, 0.3) is 0 Å². The average Bonchev–Trinajstić information content (AvgIpc) is 0.756. The molecule has 34 heteroatoms. The summed E-state index contributed by atoms with van der Waals surface area (Å²) in [6.07, 6.45) is -14.9. The molecule has 6 aromatic carbocycles. The number of carbonyl (C=O) groups excluding carboxylic acids is 9. The Morgan fingerprint density at radius 1 is 0.688 bits per heavy atom. The van der Waals surface area contributed by atoms with Crippen LogP contribution in [0, 0.1) is 47.3 Å². The average molecular weight is 1770 g/mol. The molecule has 17 rings (SSSR count). The Bertz CT molecular complexity index is 5070. The number of aliphatic hydroxyl groups is 6. The highest BCUT2D eigenvalue weighted by molar-refractivity contribution is 6.32. The van der Waals surface area contributed by atoms with Gasteiger partial charge in [-0.05, 0) is 214 Å². The van der Waals surface area contributed by atoms with Crippen LogP contribution in [-0.4, -0.2) is 185 Å². The van der Waals surface area contributed by atoms with Gasteiger partial charge in [0, 0.05) is 66.4 Å². The second kappa shape index (κ2) is 38.3. The number of ether oxygens (including phenoxy) is 6. The predicted molar refractivity (Wildman–Crippen MR) is 452 cm³/mol. The van der Waals surface area contributed by atoms with Gasteiger partial charge in [0.1, 0.15) is 83.4 Å². The quantitative estimate of drug-likeness (QED) is 0.0318. The van der Waals surface area contributed by atoms with Gasteiger partial charge >= 0.3 is 6.03 Å². The molecular formula is C91H108Cl2N8O24. The van der Waals surface area contributed by atoms with E-state index < -0.39 is 222 Å². The summed E-state index contributed by atoms with van der Waals surface area (Å²) >= 11 is 14.6. The Labute approximate surface area is 731 Å². The van der Waals surface area contributed by atoms with Crippen molar-refractivity contribution in [2.24, 2.45) is 53.1 Å². The molecule has 18 atom stereocenters. The summed E-state index contributed by atoms with van der Waals surface area (Å²) in [5, 5.41) is 125. The molecule has 2 saturated heterocycles. The number of benzene rings is 6. The van der Waals surface area contributed by atoms with Gasteiger partial charge in [-0.15, -0.1) is 0 Å². The number of fused-ring (bicyclic) bond motifs is 15. The normalized spacial score (nSPS) is 30.5. The first-order valence-corrected chi connectivity index (χ1v) is 43.4. The van der Waals surface area contributed by atoms with Gasteiger partial charge in [-0.3, -0.25) is 43.7 Å². The highest BCUT2D eigenvalue weighted by atomic mass is 35.5. The summed E-state index contributed by atoms with van der Waals surface area (Å²) in [5.74, 6) is -16.2. The zero-order valence-corrected chi connectivity index (χ0v) is 71.4. The number of imide groups is 1. The van der Waals surface area contributed by atoms with Gasteiger partial charge in [0.15, 0.2) is 41.2 Å². The van der Waals surface area contributed by atoms with Crippen molar-refractivity contribution in [3.8, 4) is 57.1 Å². The van der Waals surface area contributed by atoms with Crippen molar-refractivity contribution in [1.29, 1.82) is 0 Å². The highest BCUT2D eigenvalue weighted by Crippen LogP contribution is 2.59. The molecule has 7 aliphatic heterocycles. The van der Waals surface area contributed by atoms with Crippen LogP contribution in [-0.2, 0) is 59.0 Å². The van der Waals surface area contributed by atoms with Crippen LogP contribution in [0.5, 0.6) is 46.0 Å². The Balaban J connectivity index is 0.955. The second-order valence-corrected chi connectivity index (χ2v) is 36.1. The van der Waals surface area contributed by atoms with Crippen LogP contribution in [0.2, 0.25) is 10.0 Å². The van der Waals surface area contributed by atoms with Crippen molar-refractivity contribution in [3.05, 3.63) is 147 Å². The Hall–Kier alpha value is -9.91. The summed E-state index contributed by atoms with van der Waals surface area (Å²) in [5.41, 5.74) is 4.73. The van der Waals surface area contributed by atoms with Crippen LogP contribution in [0.3, 0.4) is 0 Å². The lowest BCUT2D eigenvalue weighted by molar-refractivity contribution is -0.333. The number of nitrogens with one attached hydrogen (secondary N) is 7. The Morgan fingerprint density at radius 3 is 1.95 bits per heavy atom. The molecule has 7 amide bonds. The number of anilines is 1. The van der Waals surface area contributed by atoms with Crippen LogP contribution in [0.1, 0.15) is 182 Å². The topological polar surface area (TPSA) is 501 Å². The van der Waals surface area contributed by atoms with Gasteiger partial charge < -0.3 is 112 Å². The van der Waals surface area contributed by atoms with E-state index in [-0.39, 0.29) is 109 Å². The number of phenols is 3. The maximum atomic E-state index is 16.8. The number of urea groups is 1. The number of aliphatic hydroxyl groups excluding tert-OH is 6. The van der Waals surface area contributed by atoms with Crippen LogP contribution in [0.15, 0.2) is 103 Å². The number of nitrogens with two attached hydrogens (primary N) is 1. The molecule has 15 bridgehead atoms. The number of carbonyl (C=O) groups is 9. The van der Waals surface area contributed by atoms with E-state index in [1.54, 1.807) is 31.2 Å². The fourth-order valence-corrected chi connectivity index (χ4v) is 20.0. The molecule has 0 spiro atoms. The molecule has 7 heterocycles. The first-order chi connectivity index (χ1) is 59.5. The van der Waals surface area contributed by atoms with E-state index in [1.807, 2.05) is 20.8 Å². The standard InChI is InChI=1S/C91H108Cl2N8O24/c1-7-45(21-40(3)4)85(115)100-76-63(106)30-52(33-71(109)97-90(119)96-53-14-9-42(10-15-53)19-20-95-8-2)86(116)98-74-51-31-68(121-66-17-12-47(78(76)110)28-59(66)92)82(125-89-83(81(113)80(112)70(39-102)123-89)124-72-38-91(6,94)84(114)41(5)120-72)69(32-51)122-67-18-13-48(29-60(67)93)79(111)77-88(118)99-75(65(108)36-55-49-23-43-22-44(25-49)26-50(55)24-43)58-34-54(103)35-62(105)73(58)57-27-46(11-16-61(57)104)56(37-64(74)107)87(117)101-77/h9-18,27-29,31-32,34-35,40-41,43-45,49-50,52,55-56,70,72,74-81,83-84,89,95,102-105,110-114H,7-8,19-26,30,33,36-39,94H2,1-6H3,(H,98,116)(H,99,118)(H,100,115)(H,101,117)(H2,96,97,109,119)/t41-,43?,44?,45+,49?,50?,52-,55?,56+,70+,72-,74+,75-,76-,77-,78+,79+,80+,81-,83+,84+,89-,91-/m0/s1. The summed E-state index contributed by atoms with van der Waals surface area (Å²) in [7, 11) is 0. The zero-order chi connectivity index (χ0) is 89.5. The van der Waals surface area contributed by atoms with Gasteiger partial charge in [-0.2, -0.15) is 0 Å². The van der Waals surface area contributed by atoms with Gasteiger partial charge in [-0.1, -0.05) is 81.2 Å². The minimum Gasteiger partial charge on any atom is -0.508 e. The zero-order valence-electron chi connectivity index (χ0n) is 69.9. The maximum absolute atomic E-state index is 16.8. The Morgan fingerprint density at radius 2 is 1.34 bits per heavy atom. The van der Waals surface area contributed by atoms with E-state index in [1.165, 1.54) is 62.4 Å². The molecule has 18 N–H and O–H groups in total. The van der Waals surface area contributed by atoms with Crippen LogP contribution < -0.4 is 57.2 Å². The molecule has 6 fully saturated rings. The van der Waals surface area contributed by atoms with E-state index >= 15 is 28.8 Å². The van der Waals surface area contributed by atoms with Gasteiger partial charge in [0.2, 0.25) is 41.6 Å². The van der Waals surface area contributed by atoms with Crippen molar-refractivity contribution in [1.82, 2.24) is 31.9 Å². The number of aromatic hydroxyl groups is 3. The smallest absolute Gasteiger partial charge is 0.325 e. The van der Waals surface area contributed by atoms with Crippen molar-refractivity contribution >= 4 is 81.8 Å². The van der Waals surface area contributed by atoms with Crippen molar-refractivity contribution in [3.63, 3.8) is 0 Å². The SMILES string of the molecule is CCNCCc1ccc(NC(=O)NC(=O)C[C@@H]2CC(=O)[C@H](NC(=O)[C@H](CC)CC(C)C)[C@H](O)c3ccc(c(Cl)c3)Oc3cc4cc(c3O[C@@H]3O[C@H](CO)[C@@H](O)[C@H](O)[C@H]3O[C@H]3C[C@](C)(N)[C@H](O)[C@H](C)O3)Oc3ccc(cc3Cl)[C@@H](O)[C@@H]3NC(=O)[C@H](CC(=O)[C@@H]4NC2=O)c2ccc(O)c(c2)-c2c(O)cc(O)cc2[C@@H](C(=O)CC2C4CC5CC(C4)CC2C5)NC3=O)cc1. The van der Waals surface area contributed by atoms with E-state index in [0.717, 1.165) is 74.5 Å². The van der Waals surface area contributed by atoms with Crippen LogP contribution >= 0.6 is 23.2 Å². The Kier molecular flexibility index (Phi) is 28.0. The van der Waals surface area contributed by atoms with E-state index in [4.69, 9.17) is 57.4 Å². The third-order valence-electron chi connectivity index (χ3n) is 25.8. The lowest BCUT2D eigenvalue weighted by Gasteiger charge is -2.54. The summed E-state index contributed by atoms with van der Waals surface area (Å²) < 4.78 is 39.3. The third kappa shape index (κ3) is 20.1. The minimum atomic E-state index is -2.25. The molecule has 670 valence electrons. The lowest BCUT2D eigenvalue weighted by atomic mass is 9.51. The van der Waals surface area contributed by atoms with Crippen LogP contribution in [0.25, 0.3) is 11.1 Å². The first-order valence-electron chi connectivity index (χ1n) is 42.7. The van der Waals surface area contributed by atoms with E-state index in [2.05, 4.69) is 37.2 Å². The molecule has 125 heavy (non-hydrogen) atoms. The second-order valence-electron chi connectivity index (χ2n) is 35.3. The molecule has 0 aromatic heterocycles. The highest BCUT2D eigenvalue weighted by Gasteiger charge is 2.53. The summed E-state index contributed by atoms with van der Waals surface area (Å²) in [6.45, 7) is 11.0. The van der Waals surface area contributed by atoms with Crippen LogP contribution in [0.4, 0.5) is 10.5 Å². The van der Waals surface area contributed by atoms with Gasteiger partial charge in [-0.25, -0.2) is 4.79 Å². The summed E-state index contributed by atoms with van der Waals surface area (Å²) in [6, 6.07) is 12.8. The number of phenolic OH excluding ortho intramolecular Hbond substituents is 3. The third-order valence-corrected chi connectivity index (χ3v) is 26.4. The van der Waals surface area contributed by atoms with Crippen molar-refractivity contribution in [2.45, 2.75) is 222 Å². The number of rotatable bonds is 20. The molecule has 11 aliphatic rings. The fraction of sp³-hybridized carbons (Fsp3) is 0.505. The van der Waals surface area contributed by atoms with E-state index in [9.17, 15) is 60.3 Å². The minimum absolute atomic E-state index is 0.0509. The molecule has 0 radical (unpaired) electrons. The molecular weight excluding hydrogens is 1660 g/mol. The monoisotopic (exact) mass is 1770 g/mol. The molecule has 4 saturated carbocycles. The number of ketones is 3. The number of likely N-dealkylation sites (N-methyl/N-ethyl adjacent to an activating group) is 1. The lowest BCUT2D eigenvalue weighted by Crippen LogP contribution is -2.64. The number of amides is 7. The molecule has 4 aliphatic carbocycles. The maximum Gasteiger partial charge on any atom is 0.325 e. The van der Waals surface area contributed by atoms with Crippen molar-refractivity contribution in [2.75, 3.05) is 25.0 Å². The summed E-state index contributed by atoms with van der Waals surface area (Å²) in [4.78, 5) is 140. The number of hydrogen-bond donors (Lipinski definition) is 17. The number of hydrogen-bond acceptors (Lipinski definition) is 26. The number of Topliss-reactive ketones (excluding diaryl/α,β-unsaturated/α-hetero) is 3. The van der Waals surface area contributed by atoms with E-state index in [0.29, 0.717) is 31.2 Å². The molecule has 32 nitrogen and oxygen atoms in total.